The van der Waals surface area contributed by atoms with Gasteiger partial charge in [-0.3, -0.25) is 9.88 Å². The molecule has 1 aliphatic heterocycles. The summed E-state index contributed by atoms with van der Waals surface area (Å²) in [5.74, 6) is -1.58. The smallest absolute Gasteiger partial charge is 0.159 e. The summed E-state index contributed by atoms with van der Waals surface area (Å²) in [6, 6.07) is 12.7. The number of aromatic nitrogens is 1. The molecule has 0 bridgehead atoms. The second-order valence-electron chi connectivity index (χ2n) is 6.52. The second-order valence-corrected chi connectivity index (χ2v) is 6.52. The fourth-order valence-electron chi connectivity index (χ4n) is 3.46. The maximum atomic E-state index is 13.4. The third-order valence-electron chi connectivity index (χ3n) is 4.70. The van der Waals surface area contributed by atoms with Gasteiger partial charge < -0.3 is 5.32 Å². The molecule has 1 atom stereocenters. The molecule has 1 N–H and O–H groups in total. The van der Waals surface area contributed by atoms with E-state index in [4.69, 9.17) is 0 Å². The summed E-state index contributed by atoms with van der Waals surface area (Å²) in [6.07, 6.45) is 4.69. The van der Waals surface area contributed by atoms with Gasteiger partial charge >= 0.3 is 0 Å². The highest BCUT2D eigenvalue weighted by Gasteiger charge is 2.23. The lowest BCUT2D eigenvalue weighted by Crippen LogP contribution is -2.26. The third kappa shape index (κ3) is 3.46. The first kappa shape index (κ1) is 16.0. The van der Waals surface area contributed by atoms with Crippen molar-refractivity contribution in [3.8, 4) is 0 Å². The Morgan fingerprint density at radius 2 is 2.04 bits per heavy atom. The average molecular weight is 339 g/mol. The molecule has 0 spiro atoms. The minimum Gasteiger partial charge on any atom is -0.380 e. The number of hydrogen-bond donors (Lipinski definition) is 1. The van der Waals surface area contributed by atoms with E-state index in [0.29, 0.717) is 12.6 Å². The molecule has 0 radical (unpaired) electrons. The van der Waals surface area contributed by atoms with Crippen LogP contribution in [0.4, 0.5) is 14.5 Å². The van der Waals surface area contributed by atoms with Gasteiger partial charge in [0.05, 0.1) is 0 Å². The van der Waals surface area contributed by atoms with E-state index in [1.54, 1.807) is 12.3 Å². The van der Waals surface area contributed by atoms with Crippen LogP contribution in [0.5, 0.6) is 0 Å². The number of likely N-dealkylation sites (tertiary alicyclic amines) is 1. The van der Waals surface area contributed by atoms with E-state index >= 15 is 0 Å². The molecule has 3 aromatic rings. The number of halogens is 2. The van der Waals surface area contributed by atoms with Crippen molar-refractivity contribution in [2.75, 3.05) is 18.4 Å². The molecule has 4 rings (SSSR count). The molecule has 2 heterocycles. The molecule has 1 fully saturated rings. The fraction of sp³-hybridized carbons (Fsp3) is 0.250. The van der Waals surface area contributed by atoms with Crippen molar-refractivity contribution in [2.24, 2.45) is 0 Å². The lowest BCUT2D eigenvalue weighted by atomic mass is 10.1. The summed E-state index contributed by atoms with van der Waals surface area (Å²) in [5, 5.41) is 5.90. The number of pyridine rings is 1. The fourth-order valence-corrected chi connectivity index (χ4v) is 3.46. The third-order valence-corrected chi connectivity index (χ3v) is 4.70. The van der Waals surface area contributed by atoms with Crippen LogP contribution in [0.25, 0.3) is 10.8 Å². The highest BCUT2D eigenvalue weighted by Crippen LogP contribution is 2.25. The second kappa shape index (κ2) is 6.76. The van der Waals surface area contributed by atoms with Crippen molar-refractivity contribution in [1.29, 1.82) is 0 Å². The lowest BCUT2D eigenvalue weighted by Gasteiger charge is -2.18. The average Bonchev–Trinajstić information content (AvgIpc) is 3.05. The topological polar surface area (TPSA) is 28.2 Å². The highest BCUT2D eigenvalue weighted by molar-refractivity contribution is 5.93. The molecule has 0 amide bonds. The van der Waals surface area contributed by atoms with Crippen LogP contribution in [0.1, 0.15) is 12.0 Å². The van der Waals surface area contributed by atoms with Crippen molar-refractivity contribution in [1.82, 2.24) is 9.88 Å². The number of anilines is 1. The molecule has 128 valence electrons. The van der Waals surface area contributed by atoms with Crippen molar-refractivity contribution in [2.45, 2.75) is 19.0 Å². The minimum atomic E-state index is -0.796. The van der Waals surface area contributed by atoms with Crippen LogP contribution < -0.4 is 5.32 Å². The first-order valence-corrected chi connectivity index (χ1v) is 8.44. The van der Waals surface area contributed by atoms with E-state index in [2.05, 4.69) is 27.3 Å². The number of fused-ring (bicyclic) bond motifs is 1. The molecular formula is C20H19F2N3. The Hall–Kier alpha value is -2.53. The molecule has 0 aliphatic carbocycles. The zero-order valence-electron chi connectivity index (χ0n) is 13.8. The Morgan fingerprint density at radius 3 is 2.92 bits per heavy atom. The largest absolute Gasteiger partial charge is 0.380 e. The van der Waals surface area contributed by atoms with Crippen LogP contribution in [0, 0.1) is 11.6 Å². The van der Waals surface area contributed by atoms with E-state index in [-0.39, 0.29) is 0 Å². The van der Waals surface area contributed by atoms with E-state index in [1.807, 2.05) is 18.3 Å². The van der Waals surface area contributed by atoms with Crippen LogP contribution in [0.2, 0.25) is 0 Å². The Labute approximate surface area is 145 Å². The molecule has 5 heteroatoms. The lowest BCUT2D eigenvalue weighted by molar-refractivity contribution is 0.327. The van der Waals surface area contributed by atoms with Crippen molar-refractivity contribution in [3.05, 3.63) is 72.1 Å². The van der Waals surface area contributed by atoms with Gasteiger partial charge in [-0.05, 0) is 36.2 Å². The quantitative estimate of drug-likeness (QED) is 0.772. The highest BCUT2D eigenvalue weighted by atomic mass is 19.2. The van der Waals surface area contributed by atoms with Crippen molar-refractivity contribution < 1.29 is 8.78 Å². The number of nitrogens with one attached hydrogen (secondary N) is 1. The van der Waals surface area contributed by atoms with Gasteiger partial charge in [-0.25, -0.2) is 8.78 Å². The molecule has 1 aliphatic rings. The molecule has 1 saturated heterocycles. The Kier molecular flexibility index (Phi) is 4.32. The van der Waals surface area contributed by atoms with Crippen molar-refractivity contribution >= 4 is 16.5 Å². The van der Waals surface area contributed by atoms with Crippen LogP contribution in [-0.4, -0.2) is 29.0 Å². The molecule has 0 unspecified atom stereocenters. The number of nitrogens with zero attached hydrogens (tertiary/aromatic N) is 2. The molecule has 25 heavy (non-hydrogen) atoms. The predicted octanol–water partition coefficient (Wildman–Crippen LogP) is 4.20. The van der Waals surface area contributed by atoms with Gasteiger partial charge in [-0.15, -0.1) is 0 Å². The maximum Gasteiger partial charge on any atom is 0.159 e. The van der Waals surface area contributed by atoms with E-state index < -0.39 is 11.6 Å². The zero-order valence-corrected chi connectivity index (χ0v) is 13.8. The number of hydrogen-bond acceptors (Lipinski definition) is 3. The minimum absolute atomic E-state index is 0.337. The molecule has 1 aromatic heterocycles. The van der Waals surface area contributed by atoms with Gasteiger partial charge in [-0.2, -0.15) is 0 Å². The summed E-state index contributed by atoms with van der Waals surface area (Å²) in [6.45, 7) is 2.44. The summed E-state index contributed by atoms with van der Waals surface area (Å²) < 4.78 is 26.4. The van der Waals surface area contributed by atoms with E-state index in [0.717, 1.165) is 41.5 Å². The van der Waals surface area contributed by atoms with E-state index in [1.165, 1.54) is 12.1 Å². The summed E-state index contributed by atoms with van der Waals surface area (Å²) >= 11 is 0. The van der Waals surface area contributed by atoms with Crippen LogP contribution >= 0.6 is 0 Å². The van der Waals surface area contributed by atoms with Gasteiger partial charge in [0.2, 0.25) is 0 Å². The Bertz CT molecular complexity index is 892. The number of rotatable bonds is 4. The predicted molar refractivity (Wildman–Crippen MR) is 95.4 cm³/mol. The standard InChI is InChI=1S/C20H19F2N3/c21-18-5-4-14(10-19(18)22)12-25-9-7-16(13-25)24-20-3-1-2-15-11-23-8-6-17(15)20/h1-6,8,10-11,16,24H,7,9,12-13H2/t16-/m1/s1. The van der Waals surface area contributed by atoms with Gasteiger partial charge in [0.1, 0.15) is 0 Å². The molecule has 2 aromatic carbocycles. The molecule has 3 nitrogen and oxygen atoms in total. The van der Waals surface area contributed by atoms with E-state index in [9.17, 15) is 8.78 Å². The SMILES string of the molecule is Fc1ccc(CN2CC[C@@H](Nc3cccc4cnccc34)C2)cc1F. The first-order valence-electron chi connectivity index (χ1n) is 8.44. The first-order chi connectivity index (χ1) is 12.2. The van der Waals surface area contributed by atoms with Gasteiger partial charge in [0.25, 0.3) is 0 Å². The van der Waals surface area contributed by atoms with Crippen LogP contribution in [-0.2, 0) is 6.54 Å². The van der Waals surface area contributed by atoms with Crippen molar-refractivity contribution in [3.63, 3.8) is 0 Å². The van der Waals surface area contributed by atoms with Gasteiger partial charge in [0, 0.05) is 54.5 Å². The summed E-state index contributed by atoms with van der Waals surface area (Å²) in [5.41, 5.74) is 1.91. The van der Waals surface area contributed by atoms with Crippen LogP contribution in [0.15, 0.2) is 54.9 Å². The number of benzene rings is 2. The van der Waals surface area contributed by atoms with Gasteiger partial charge in [0.15, 0.2) is 11.6 Å². The van der Waals surface area contributed by atoms with Crippen LogP contribution in [0.3, 0.4) is 0 Å². The Morgan fingerprint density at radius 1 is 1.12 bits per heavy atom. The summed E-state index contributed by atoms with van der Waals surface area (Å²) in [7, 11) is 0. The Balaban J connectivity index is 1.43. The normalized spacial score (nSPS) is 17.9. The summed E-state index contributed by atoms with van der Waals surface area (Å²) in [4.78, 5) is 6.43. The zero-order chi connectivity index (χ0) is 17.2. The molecular weight excluding hydrogens is 320 g/mol. The monoisotopic (exact) mass is 339 g/mol. The molecule has 0 saturated carbocycles. The maximum absolute atomic E-state index is 13.4. The van der Waals surface area contributed by atoms with Gasteiger partial charge in [-0.1, -0.05) is 18.2 Å².